The summed E-state index contributed by atoms with van der Waals surface area (Å²) in [7, 11) is 0. The Labute approximate surface area is 211 Å². The first-order valence-corrected chi connectivity index (χ1v) is 11.5. The molecule has 2 amide bonds. The fourth-order valence-corrected chi connectivity index (χ4v) is 3.58. The Balaban J connectivity index is 1.37. The number of alkyl halides is 3. The van der Waals surface area contributed by atoms with Crippen LogP contribution < -0.4 is 15.4 Å². The Hall–Kier alpha value is -4.59. The summed E-state index contributed by atoms with van der Waals surface area (Å²) in [5, 5.41) is 5.22. The normalized spacial score (nSPS) is 11.0. The Morgan fingerprint density at radius 3 is 2.11 bits per heavy atom. The van der Waals surface area contributed by atoms with Crippen molar-refractivity contribution in [2.75, 3.05) is 17.2 Å². The molecule has 0 bridgehead atoms. The van der Waals surface area contributed by atoms with Crippen molar-refractivity contribution in [3.63, 3.8) is 0 Å². The summed E-state index contributed by atoms with van der Waals surface area (Å²) >= 11 is 0. The molecule has 0 fully saturated rings. The molecule has 37 heavy (non-hydrogen) atoms. The summed E-state index contributed by atoms with van der Waals surface area (Å²) in [6.45, 7) is 0.407. The van der Waals surface area contributed by atoms with E-state index in [4.69, 9.17) is 4.74 Å². The van der Waals surface area contributed by atoms with Gasteiger partial charge in [-0.25, -0.2) is 0 Å². The second-order valence-electron chi connectivity index (χ2n) is 8.14. The molecule has 0 aliphatic heterocycles. The number of ether oxygens (including phenoxy) is 1. The predicted octanol–water partition coefficient (Wildman–Crippen LogP) is 6.83. The quantitative estimate of drug-likeness (QED) is 0.276. The van der Waals surface area contributed by atoms with Crippen LogP contribution in [0.1, 0.15) is 31.8 Å². The van der Waals surface area contributed by atoms with Gasteiger partial charge >= 0.3 is 6.18 Å². The van der Waals surface area contributed by atoms with E-state index in [0.717, 1.165) is 17.7 Å². The minimum Gasteiger partial charge on any atom is -0.492 e. The number of hydrogen-bond donors (Lipinski definition) is 2. The van der Waals surface area contributed by atoms with Crippen molar-refractivity contribution in [3.05, 3.63) is 125 Å². The number of hydrogen-bond acceptors (Lipinski definition) is 3. The molecule has 0 saturated heterocycles. The van der Waals surface area contributed by atoms with Gasteiger partial charge in [-0.1, -0.05) is 48.5 Å². The number of para-hydroxylation sites is 1. The minimum atomic E-state index is -4.51. The van der Waals surface area contributed by atoms with Crippen LogP contribution in [0.25, 0.3) is 0 Å². The first-order valence-electron chi connectivity index (χ1n) is 11.5. The molecule has 4 aromatic carbocycles. The lowest BCUT2D eigenvalue weighted by molar-refractivity contribution is -0.137. The zero-order chi connectivity index (χ0) is 26.3. The molecule has 0 aromatic heterocycles. The molecule has 0 heterocycles. The molecule has 0 atom stereocenters. The molecule has 4 aromatic rings. The van der Waals surface area contributed by atoms with E-state index in [2.05, 4.69) is 10.6 Å². The van der Waals surface area contributed by atoms with Crippen LogP contribution in [-0.4, -0.2) is 18.4 Å². The highest BCUT2D eigenvalue weighted by molar-refractivity contribution is 6.07. The highest BCUT2D eigenvalue weighted by atomic mass is 19.4. The van der Waals surface area contributed by atoms with E-state index in [-0.39, 0.29) is 17.2 Å². The highest BCUT2D eigenvalue weighted by Gasteiger charge is 2.30. The summed E-state index contributed by atoms with van der Waals surface area (Å²) in [4.78, 5) is 25.4. The van der Waals surface area contributed by atoms with Gasteiger partial charge in [0.15, 0.2) is 0 Å². The van der Waals surface area contributed by atoms with Crippen LogP contribution in [-0.2, 0) is 12.6 Å². The second-order valence-corrected chi connectivity index (χ2v) is 8.14. The van der Waals surface area contributed by atoms with Crippen molar-refractivity contribution in [1.82, 2.24) is 0 Å². The Morgan fingerprint density at radius 1 is 0.703 bits per heavy atom. The monoisotopic (exact) mass is 504 g/mol. The van der Waals surface area contributed by atoms with E-state index < -0.39 is 17.6 Å². The molecule has 4 rings (SSSR count). The number of benzene rings is 4. The molecular formula is C29H23F3N2O3. The van der Waals surface area contributed by atoms with Crippen LogP contribution in [0, 0.1) is 0 Å². The number of amides is 2. The third-order valence-corrected chi connectivity index (χ3v) is 5.48. The second kappa shape index (κ2) is 11.4. The van der Waals surface area contributed by atoms with Crippen molar-refractivity contribution in [2.45, 2.75) is 12.6 Å². The molecule has 0 unspecified atom stereocenters. The van der Waals surface area contributed by atoms with E-state index in [1.807, 2.05) is 30.3 Å². The highest BCUT2D eigenvalue weighted by Crippen LogP contribution is 2.30. The van der Waals surface area contributed by atoms with Crippen LogP contribution >= 0.6 is 0 Å². The van der Waals surface area contributed by atoms with Crippen molar-refractivity contribution in [1.29, 1.82) is 0 Å². The summed E-state index contributed by atoms with van der Waals surface area (Å²) < 4.78 is 44.6. The zero-order valence-electron chi connectivity index (χ0n) is 19.6. The number of carbonyl (C=O) groups is 2. The summed E-state index contributed by atoms with van der Waals surface area (Å²) in [5.41, 5.74) is 1.33. The smallest absolute Gasteiger partial charge is 0.416 e. The Kier molecular flexibility index (Phi) is 7.88. The molecule has 8 heteroatoms. The van der Waals surface area contributed by atoms with Gasteiger partial charge in [0.1, 0.15) is 5.75 Å². The van der Waals surface area contributed by atoms with Crippen LogP contribution in [0.15, 0.2) is 103 Å². The first kappa shape index (κ1) is 25.5. The predicted molar refractivity (Wildman–Crippen MR) is 136 cm³/mol. The molecule has 0 radical (unpaired) electrons. The average molecular weight is 505 g/mol. The lowest BCUT2D eigenvalue weighted by atomic mass is 10.1. The van der Waals surface area contributed by atoms with Crippen molar-refractivity contribution >= 4 is 23.2 Å². The molecule has 0 aliphatic rings. The van der Waals surface area contributed by atoms with Crippen LogP contribution in [0.4, 0.5) is 24.5 Å². The van der Waals surface area contributed by atoms with E-state index in [9.17, 15) is 22.8 Å². The van der Waals surface area contributed by atoms with Gasteiger partial charge in [-0.2, -0.15) is 13.2 Å². The minimum absolute atomic E-state index is 0.0288. The van der Waals surface area contributed by atoms with Gasteiger partial charge in [0.05, 0.1) is 17.7 Å². The molecular weight excluding hydrogens is 481 g/mol. The molecule has 188 valence electrons. The fraction of sp³-hybridized carbons (Fsp3) is 0.103. The number of nitrogens with one attached hydrogen (secondary N) is 2. The molecule has 5 nitrogen and oxygen atoms in total. The maximum atomic E-state index is 12.9. The summed E-state index contributed by atoms with van der Waals surface area (Å²) in [5.74, 6) is -0.501. The van der Waals surface area contributed by atoms with Gasteiger partial charge in [0.25, 0.3) is 11.8 Å². The van der Waals surface area contributed by atoms with Crippen molar-refractivity contribution in [2.24, 2.45) is 0 Å². The number of anilines is 2. The van der Waals surface area contributed by atoms with E-state index in [1.165, 1.54) is 36.4 Å². The Morgan fingerprint density at radius 2 is 1.38 bits per heavy atom. The van der Waals surface area contributed by atoms with Crippen LogP contribution in [0.2, 0.25) is 0 Å². The molecule has 0 spiro atoms. The maximum absolute atomic E-state index is 12.9. The third kappa shape index (κ3) is 6.98. The summed E-state index contributed by atoms with van der Waals surface area (Å²) in [6.07, 6.45) is -3.81. The van der Waals surface area contributed by atoms with Crippen molar-refractivity contribution in [3.8, 4) is 5.75 Å². The number of rotatable bonds is 8. The number of carbonyl (C=O) groups excluding carboxylic acids is 2. The van der Waals surface area contributed by atoms with E-state index >= 15 is 0 Å². The van der Waals surface area contributed by atoms with Crippen LogP contribution in [0.3, 0.4) is 0 Å². The van der Waals surface area contributed by atoms with Gasteiger partial charge < -0.3 is 15.4 Å². The van der Waals surface area contributed by atoms with E-state index in [0.29, 0.717) is 30.0 Å². The van der Waals surface area contributed by atoms with Gasteiger partial charge in [-0.05, 0) is 60.2 Å². The van der Waals surface area contributed by atoms with E-state index in [1.54, 1.807) is 24.3 Å². The standard InChI is InChI=1S/C29H23F3N2O3/c30-29(31,32)22-9-6-10-24(19-22)34-27(35)21-13-15-23(16-14-21)33-28(36)25-11-4-5-12-26(25)37-18-17-20-7-2-1-3-8-20/h1-16,19H,17-18H2,(H,33,36)(H,34,35). The first-order chi connectivity index (χ1) is 17.8. The molecule has 2 N–H and O–H groups in total. The number of halogens is 3. The lowest BCUT2D eigenvalue weighted by Crippen LogP contribution is -2.15. The maximum Gasteiger partial charge on any atom is 0.416 e. The van der Waals surface area contributed by atoms with Crippen molar-refractivity contribution < 1.29 is 27.5 Å². The SMILES string of the molecule is O=C(Nc1cccc(C(F)(F)F)c1)c1ccc(NC(=O)c2ccccc2OCCc2ccccc2)cc1. The fourth-order valence-electron chi connectivity index (χ4n) is 3.58. The summed E-state index contributed by atoms with van der Waals surface area (Å²) in [6, 6.07) is 27.2. The lowest BCUT2D eigenvalue weighted by Gasteiger charge is -2.12. The Bertz CT molecular complexity index is 1370. The van der Waals surface area contributed by atoms with Gasteiger partial charge in [-0.3, -0.25) is 9.59 Å². The third-order valence-electron chi connectivity index (χ3n) is 5.48. The molecule has 0 saturated carbocycles. The van der Waals surface area contributed by atoms with Gasteiger partial charge in [-0.15, -0.1) is 0 Å². The average Bonchev–Trinajstić information content (AvgIpc) is 2.89. The van der Waals surface area contributed by atoms with Crippen LogP contribution in [0.5, 0.6) is 5.75 Å². The van der Waals surface area contributed by atoms with Gasteiger partial charge in [0, 0.05) is 23.4 Å². The largest absolute Gasteiger partial charge is 0.492 e. The zero-order valence-corrected chi connectivity index (χ0v) is 19.6. The topological polar surface area (TPSA) is 67.4 Å². The molecule has 0 aliphatic carbocycles. The van der Waals surface area contributed by atoms with Gasteiger partial charge in [0.2, 0.25) is 0 Å².